The van der Waals surface area contributed by atoms with E-state index in [9.17, 15) is 9.18 Å². The van der Waals surface area contributed by atoms with Crippen molar-refractivity contribution in [3.8, 4) is 5.75 Å². The van der Waals surface area contributed by atoms with Crippen LogP contribution in [0.3, 0.4) is 0 Å². The Morgan fingerprint density at radius 3 is 2.66 bits per heavy atom. The molecule has 2 aliphatic heterocycles. The SMILES string of the molecule is CN(Cc1ccccc1F)C(=O)CN1CCN(Cc2ccc3c(c2)CCO3)CC1. The Morgan fingerprint density at radius 2 is 1.86 bits per heavy atom. The maximum atomic E-state index is 13.8. The molecule has 0 aromatic heterocycles. The van der Waals surface area contributed by atoms with Crippen LogP contribution in [0, 0.1) is 5.82 Å². The number of hydrogen-bond acceptors (Lipinski definition) is 4. The van der Waals surface area contributed by atoms with Gasteiger partial charge in [0.15, 0.2) is 0 Å². The van der Waals surface area contributed by atoms with E-state index >= 15 is 0 Å². The molecule has 0 unspecified atom stereocenters. The second kappa shape index (κ2) is 8.93. The first kappa shape index (κ1) is 19.9. The summed E-state index contributed by atoms with van der Waals surface area (Å²) >= 11 is 0. The maximum Gasteiger partial charge on any atom is 0.236 e. The minimum atomic E-state index is -0.265. The lowest BCUT2D eigenvalue weighted by Gasteiger charge is -2.35. The summed E-state index contributed by atoms with van der Waals surface area (Å²) in [6, 6.07) is 13.1. The Labute approximate surface area is 171 Å². The fraction of sp³-hybridized carbons (Fsp3) is 0.435. The summed E-state index contributed by atoms with van der Waals surface area (Å²) in [5, 5.41) is 0. The first-order chi connectivity index (χ1) is 14.1. The molecular formula is C23H28FN3O2. The normalized spacial score (nSPS) is 17.0. The van der Waals surface area contributed by atoms with Crippen molar-refractivity contribution in [1.29, 1.82) is 0 Å². The van der Waals surface area contributed by atoms with E-state index in [4.69, 9.17) is 4.74 Å². The summed E-state index contributed by atoms with van der Waals surface area (Å²) < 4.78 is 19.4. The van der Waals surface area contributed by atoms with Gasteiger partial charge < -0.3 is 9.64 Å². The van der Waals surface area contributed by atoms with Gasteiger partial charge in [0.25, 0.3) is 0 Å². The highest BCUT2D eigenvalue weighted by molar-refractivity contribution is 5.78. The molecule has 0 atom stereocenters. The molecule has 5 nitrogen and oxygen atoms in total. The summed E-state index contributed by atoms with van der Waals surface area (Å²) in [6.45, 7) is 6.03. The van der Waals surface area contributed by atoms with Crippen LogP contribution in [0.1, 0.15) is 16.7 Å². The molecule has 2 aromatic carbocycles. The molecule has 154 valence electrons. The molecule has 0 N–H and O–H groups in total. The first-order valence-corrected chi connectivity index (χ1v) is 10.2. The number of carbonyl (C=O) groups is 1. The van der Waals surface area contributed by atoms with Crippen molar-refractivity contribution >= 4 is 5.91 Å². The van der Waals surface area contributed by atoms with Crippen LogP contribution in [0.5, 0.6) is 5.75 Å². The van der Waals surface area contributed by atoms with E-state index < -0.39 is 0 Å². The van der Waals surface area contributed by atoms with Crippen LogP contribution < -0.4 is 4.74 Å². The molecule has 2 aromatic rings. The van der Waals surface area contributed by atoms with E-state index in [1.165, 1.54) is 17.2 Å². The third-order valence-electron chi connectivity index (χ3n) is 5.77. The van der Waals surface area contributed by atoms with Gasteiger partial charge in [0.1, 0.15) is 11.6 Å². The average Bonchev–Trinajstić information content (AvgIpc) is 3.19. The van der Waals surface area contributed by atoms with Crippen molar-refractivity contribution < 1.29 is 13.9 Å². The van der Waals surface area contributed by atoms with E-state index in [1.807, 2.05) is 0 Å². The van der Waals surface area contributed by atoms with E-state index in [0.717, 1.165) is 51.5 Å². The average molecular weight is 397 g/mol. The van der Waals surface area contributed by atoms with Crippen LogP contribution in [0.15, 0.2) is 42.5 Å². The third kappa shape index (κ3) is 4.95. The number of halogens is 1. The Hall–Kier alpha value is -2.44. The van der Waals surface area contributed by atoms with E-state index in [0.29, 0.717) is 18.7 Å². The van der Waals surface area contributed by atoms with Crippen molar-refractivity contribution in [3.63, 3.8) is 0 Å². The highest BCUT2D eigenvalue weighted by Crippen LogP contribution is 2.26. The van der Waals surface area contributed by atoms with E-state index in [-0.39, 0.29) is 11.7 Å². The minimum absolute atomic E-state index is 0.0281. The van der Waals surface area contributed by atoms with Crippen LogP contribution in [-0.2, 0) is 24.3 Å². The van der Waals surface area contributed by atoms with Crippen LogP contribution in [0.25, 0.3) is 0 Å². The number of amides is 1. The summed E-state index contributed by atoms with van der Waals surface area (Å²) in [5.74, 6) is 0.788. The van der Waals surface area contributed by atoms with Gasteiger partial charge in [0, 0.05) is 58.3 Å². The van der Waals surface area contributed by atoms with Gasteiger partial charge in [0.05, 0.1) is 13.2 Å². The lowest BCUT2D eigenvalue weighted by Crippen LogP contribution is -2.49. The maximum absolute atomic E-state index is 13.8. The fourth-order valence-electron chi connectivity index (χ4n) is 3.98. The van der Waals surface area contributed by atoms with Gasteiger partial charge >= 0.3 is 0 Å². The number of rotatable bonds is 6. The summed E-state index contributed by atoms with van der Waals surface area (Å²) in [4.78, 5) is 18.8. The molecule has 0 radical (unpaired) electrons. The number of hydrogen-bond donors (Lipinski definition) is 0. The molecule has 4 rings (SSSR count). The molecule has 0 bridgehead atoms. The van der Waals surface area contributed by atoms with Crippen molar-refractivity contribution in [1.82, 2.24) is 14.7 Å². The number of benzene rings is 2. The van der Waals surface area contributed by atoms with Crippen molar-refractivity contribution in [2.24, 2.45) is 0 Å². The Bertz CT molecular complexity index is 865. The lowest BCUT2D eigenvalue weighted by atomic mass is 10.1. The second-order valence-corrected chi connectivity index (χ2v) is 7.93. The largest absolute Gasteiger partial charge is 0.493 e. The molecule has 1 fully saturated rings. The number of fused-ring (bicyclic) bond motifs is 1. The second-order valence-electron chi connectivity index (χ2n) is 7.93. The Kier molecular flexibility index (Phi) is 6.11. The number of likely N-dealkylation sites (N-methyl/N-ethyl adjacent to an activating group) is 1. The molecule has 0 saturated carbocycles. The quantitative estimate of drug-likeness (QED) is 0.751. The smallest absolute Gasteiger partial charge is 0.236 e. The molecule has 6 heteroatoms. The van der Waals surface area contributed by atoms with Crippen LogP contribution in [0.2, 0.25) is 0 Å². The molecule has 1 saturated heterocycles. The van der Waals surface area contributed by atoms with Gasteiger partial charge in [-0.2, -0.15) is 0 Å². The van der Waals surface area contributed by atoms with Crippen LogP contribution in [0.4, 0.5) is 4.39 Å². The van der Waals surface area contributed by atoms with Gasteiger partial charge in [-0.15, -0.1) is 0 Å². The predicted octanol–water partition coefficient (Wildman–Crippen LogP) is 2.54. The van der Waals surface area contributed by atoms with Gasteiger partial charge in [-0.3, -0.25) is 14.6 Å². The molecular weight excluding hydrogens is 369 g/mol. The zero-order chi connectivity index (χ0) is 20.2. The topological polar surface area (TPSA) is 36.0 Å². The minimum Gasteiger partial charge on any atom is -0.493 e. The summed E-state index contributed by atoms with van der Waals surface area (Å²) in [6.07, 6.45) is 0.999. The molecule has 0 aliphatic carbocycles. The lowest BCUT2D eigenvalue weighted by molar-refractivity contribution is -0.132. The van der Waals surface area contributed by atoms with Gasteiger partial charge in [-0.25, -0.2) is 4.39 Å². The highest BCUT2D eigenvalue weighted by atomic mass is 19.1. The molecule has 2 heterocycles. The number of piperazine rings is 1. The summed E-state index contributed by atoms with van der Waals surface area (Å²) in [7, 11) is 1.74. The molecule has 0 spiro atoms. The monoisotopic (exact) mass is 397 g/mol. The van der Waals surface area contributed by atoms with Crippen molar-refractivity contribution in [2.75, 3.05) is 46.4 Å². The van der Waals surface area contributed by atoms with Crippen molar-refractivity contribution in [2.45, 2.75) is 19.5 Å². The molecule has 29 heavy (non-hydrogen) atoms. The standard InChI is InChI=1S/C23H28FN3O2/c1-25(16-20-4-2-3-5-21(20)24)23(28)17-27-11-9-26(10-12-27)15-18-6-7-22-19(14-18)8-13-29-22/h2-7,14H,8-13,15-17H2,1H3. The van der Waals surface area contributed by atoms with E-state index in [1.54, 1.807) is 30.1 Å². The third-order valence-corrected chi connectivity index (χ3v) is 5.77. The number of nitrogens with zero attached hydrogens (tertiary/aromatic N) is 3. The van der Waals surface area contributed by atoms with Crippen LogP contribution >= 0.6 is 0 Å². The van der Waals surface area contributed by atoms with Crippen LogP contribution in [-0.4, -0.2) is 67.0 Å². The predicted molar refractivity (Wildman–Crippen MR) is 110 cm³/mol. The molecule has 1 amide bonds. The fourth-order valence-corrected chi connectivity index (χ4v) is 3.98. The zero-order valence-electron chi connectivity index (χ0n) is 16.9. The number of carbonyl (C=O) groups excluding carboxylic acids is 1. The summed E-state index contributed by atoms with van der Waals surface area (Å²) in [5.41, 5.74) is 3.18. The van der Waals surface area contributed by atoms with Gasteiger partial charge in [0.2, 0.25) is 5.91 Å². The highest BCUT2D eigenvalue weighted by Gasteiger charge is 2.21. The van der Waals surface area contributed by atoms with E-state index in [2.05, 4.69) is 28.0 Å². The molecule has 2 aliphatic rings. The van der Waals surface area contributed by atoms with Gasteiger partial charge in [-0.1, -0.05) is 30.3 Å². The zero-order valence-corrected chi connectivity index (χ0v) is 16.9. The van der Waals surface area contributed by atoms with Gasteiger partial charge in [-0.05, 0) is 23.3 Å². The Morgan fingerprint density at radius 1 is 1.10 bits per heavy atom. The van der Waals surface area contributed by atoms with Crippen molar-refractivity contribution in [3.05, 3.63) is 65.0 Å². The first-order valence-electron chi connectivity index (χ1n) is 10.2. The number of ether oxygens (including phenoxy) is 1. The Balaban J connectivity index is 1.23.